The van der Waals surface area contributed by atoms with Gasteiger partial charge < -0.3 is 24.6 Å². The second-order valence-electron chi connectivity index (χ2n) is 0. The van der Waals surface area contributed by atoms with E-state index >= 15 is 0 Å². The molecule has 0 saturated carbocycles. The molecule has 0 saturated heterocycles. The Morgan fingerprint density at radius 1 is 0.500 bits per heavy atom. The van der Waals surface area contributed by atoms with Gasteiger partial charge in [-0.3, -0.25) is 10.5 Å². The summed E-state index contributed by atoms with van der Waals surface area (Å²) in [7, 11) is 0. The largest absolute Gasteiger partial charge is 0.344 e. The van der Waals surface area contributed by atoms with Gasteiger partial charge in [0.15, 0.2) is 0 Å². The van der Waals surface area contributed by atoms with Crippen LogP contribution in [-0.2, 0) is 0 Å². The molecule has 6 heavy (non-hydrogen) atoms. The Bertz CT molecular complexity index is 5.51. The minimum Gasteiger partial charge on any atom is -0.344 e. The van der Waals surface area contributed by atoms with Crippen molar-refractivity contribution in [2.24, 2.45) is 0 Å². The average Bonchev–Trinajstić information content (AvgIpc) is 1.00. The molecule has 0 aliphatic heterocycles. The van der Waals surface area contributed by atoms with Crippen LogP contribution in [0.5, 0.6) is 0 Å². The van der Waals surface area contributed by atoms with Crippen LogP contribution in [0.3, 0.4) is 0 Å². The maximum atomic E-state index is 6.00. The molecule has 0 atom stereocenters. The summed E-state index contributed by atoms with van der Waals surface area (Å²) in [5.74, 6) is 0. The molecule has 6 heteroatoms. The first-order chi connectivity index (χ1) is 1.00. The Morgan fingerprint density at radius 3 is 0.500 bits per heavy atom. The molecule has 14 N–H and O–H groups in total. The number of rotatable bonds is 0. The molecular weight excluding hydrogens is 88.0 g/mol. The van der Waals surface area contributed by atoms with E-state index in [-0.39, 0.29) is 24.6 Å². The first-order valence-electron chi connectivity index (χ1n) is 0.200. The number of hydrogen-bond donors (Lipinski definition) is 6. The third kappa shape index (κ3) is 497. The van der Waals surface area contributed by atoms with E-state index in [1.807, 2.05) is 0 Å². The van der Waals surface area contributed by atoms with Crippen molar-refractivity contribution >= 4 is 0 Å². The highest BCUT2D eigenvalue weighted by molar-refractivity contribution is 2.14. The lowest BCUT2D eigenvalue weighted by atomic mass is 14.0. The summed E-state index contributed by atoms with van der Waals surface area (Å²) in [5, 5.41) is 12.0. The van der Waals surface area contributed by atoms with Crippen molar-refractivity contribution in [1.29, 1.82) is 0 Å². The molecule has 46 valence electrons. The zero-order valence-electron chi connectivity index (χ0n) is 3.72. The Morgan fingerprint density at radius 2 is 0.500 bits per heavy atom. The monoisotopic (exact) mass is 102 g/mol. The lowest BCUT2D eigenvalue weighted by molar-refractivity contribution is -0.176. The quantitative estimate of drug-likeness (QED) is 0.193. The highest BCUT2D eigenvalue weighted by Crippen LogP contribution is 0.711. The Hall–Kier alpha value is -0.240. The van der Waals surface area contributed by atoms with Crippen molar-refractivity contribution in [3.05, 3.63) is 0 Å². The van der Waals surface area contributed by atoms with Gasteiger partial charge in [-0.1, -0.05) is 0 Å². The Kier molecular flexibility index (Phi) is 44000. The van der Waals surface area contributed by atoms with Crippen molar-refractivity contribution in [1.82, 2.24) is 24.6 Å². The summed E-state index contributed by atoms with van der Waals surface area (Å²) in [6.45, 7) is 0. The number of hydrogen-bond acceptors (Lipinski definition) is 6. The van der Waals surface area contributed by atoms with Gasteiger partial charge in [0, 0.05) is 0 Å². The molecule has 0 unspecified atom stereocenters. The zero-order valence-corrected chi connectivity index (χ0v) is 3.72. The van der Waals surface area contributed by atoms with Gasteiger partial charge in [-0.05, 0) is 0 Å². The van der Waals surface area contributed by atoms with E-state index < -0.39 is 0 Å². The molecule has 0 fully saturated rings. The van der Waals surface area contributed by atoms with Gasteiger partial charge in [0.05, 0.1) is 0 Å². The maximum absolute atomic E-state index is 6.00. The van der Waals surface area contributed by atoms with Gasteiger partial charge in [0.25, 0.3) is 0 Å². The van der Waals surface area contributed by atoms with Crippen LogP contribution in [-0.4, -0.2) is 10.5 Å². The minimum atomic E-state index is 0. The normalized spacial score (nSPS) is 1.00. The summed E-state index contributed by atoms with van der Waals surface area (Å²) < 4.78 is 0. The standard InChI is InChI=1S/4H3N.H2O2/c;;;;1-2/h4*1H3;1-2H. The highest BCUT2D eigenvalue weighted by Gasteiger charge is 0.745. The molecule has 0 aliphatic rings. The van der Waals surface area contributed by atoms with Crippen LogP contribution in [0.2, 0.25) is 0 Å². The lowest BCUT2D eigenvalue weighted by Gasteiger charge is -1.25. The fourth-order valence-electron chi connectivity index (χ4n) is 0. The summed E-state index contributed by atoms with van der Waals surface area (Å²) in [4.78, 5) is 0. The van der Waals surface area contributed by atoms with Crippen LogP contribution in [0.4, 0.5) is 0 Å². The van der Waals surface area contributed by atoms with Crippen molar-refractivity contribution in [3.8, 4) is 0 Å². The summed E-state index contributed by atoms with van der Waals surface area (Å²) in [6, 6.07) is 0. The van der Waals surface area contributed by atoms with Crippen molar-refractivity contribution < 1.29 is 10.5 Å². The van der Waals surface area contributed by atoms with Crippen LogP contribution in [0.25, 0.3) is 0 Å². The van der Waals surface area contributed by atoms with Crippen LogP contribution >= 0.6 is 0 Å². The molecule has 0 heterocycles. The molecule has 0 aromatic carbocycles. The molecule has 0 bridgehead atoms. The van der Waals surface area contributed by atoms with Crippen molar-refractivity contribution in [2.45, 2.75) is 0 Å². The van der Waals surface area contributed by atoms with Gasteiger partial charge in [-0.25, -0.2) is 0 Å². The average molecular weight is 102 g/mol. The van der Waals surface area contributed by atoms with Crippen molar-refractivity contribution in [3.63, 3.8) is 0 Å². The van der Waals surface area contributed by atoms with Crippen LogP contribution in [0, 0.1) is 0 Å². The fraction of sp³-hybridized carbons (Fsp3) is 0. The predicted octanol–water partition coefficient (Wildman–Crippen LogP) is 0.665. The van der Waals surface area contributed by atoms with E-state index in [9.17, 15) is 0 Å². The smallest absolute Gasteiger partial charge is 0.255 e. The molecular formula is H14N4O2. The SMILES string of the molecule is N.N.N.N.OO. The minimum absolute atomic E-state index is 0. The van der Waals surface area contributed by atoms with Crippen LogP contribution in [0.15, 0.2) is 0 Å². The lowest BCUT2D eigenvalue weighted by Crippen LogP contribution is -1.29. The first-order valence-corrected chi connectivity index (χ1v) is 0.200. The van der Waals surface area contributed by atoms with E-state index in [1.54, 1.807) is 0 Å². The van der Waals surface area contributed by atoms with Gasteiger partial charge in [0.1, 0.15) is 0 Å². The fourth-order valence-corrected chi connectivity index (χ4v) is 0. The van der Waals surface area contributed by atoms with E-state index in [4.69, 9.17) is 10.5 Å². The molecule has 0 amide bonds. The van der Waals surface area contributed by atoms with E-state index in [2.05, 4.69) is 0 Å². The summed E-state index contributed by atoms with van der Waals surface area (Å²) in [6.07, 6.45) is 0. The summed E-state index contributed by atoms with van der Waals surface area (Å²) >= 11 is 0. The highest BCUT2D eigenvalue weighted by atomic mass is 17.0. The van der Waals surface area contributed by atoms with E-state index in [1.165, 1.54) is 0 Å². The van der Waals surface area contributed by atoms with Gasteiger partial charge in [0.2, 0.25) is 0 Å². The van der Waals surface area contributed by atoms with Crippen molar-refractivity contribution in [2.75, 3.05) is 0 Å². The van der Waals surface area contributed by atoms with E-state index in [0.29, 0.717) is 0 Å². The maximum Gasteiger partial charge on any atom is -0.255 e. The van der Waals surface area contributed by atoms with E-state index in [0.717, 1.165) is 0 Å². The molecule has 0 aromatic heterocycles. The second-order valence-corrected chi connectivity index (χ2v) is 0. The second kappa shape index (κ2) is 1170. The molecule has 0 spiro atoms. The van der Waals surface area contributed by atoms with Gasteiger partial charge >= 0.3 is 0 Å². The Labute approximate surface area is 36.4 Å². The molecule has 6 nitrogen and oxygen atoms in total. The first kappa shape index (κ1) is 226. The van der Waals surface area contributed by atoms with Gasteiger partial charge in [-0.15, -0.1) is 0 Å². The third-order valence-corrected chi connectivity index (χ3v) is 0. The topological polar surface area (TPSA) is 180 Å². The van der Waals surface area contributed by atoms with Crippen LogP contribution in [0.1, 0.15) is 0 Å². The summed E-state index contributed by atoms with van der Waals surface area (Å²) in [5.41, 5.74) is 0. The molecule has 0 rings (SSSR count). The molecule has 0 aromatic rings. The zero-order chi connectivity index (χ0) is 2.00. The molecule has 0 aliphatic carbocycles. The Balaban J connectivity index is -0.000000000833. The third-order valence-electron chi connectivity index (χ3n) is 0. The predicted molar refractivity (Wildman–Crippen MR) is 25.3 cm³/mol. The van der Waals surface area contributed by atoms with Crippen LogP contribution < -0.4 is 24.6 Å². The molecule has 0 radical (unpaired) electrons. The van der Waals surface area contributed by atoms with Gasteiger partial charge in [-0.2, -0.15) is 0 Å².